The SMILES string of the molecule is O=C(Cc1ccccc1[N+](=O)[O-])Nc1cc2c(cc1F)CCC(=O)N2. The van der Waals surface area contributed by atoms with Crippen LogP contribution in [0.15, 0.2) is 36.4 Å². The highest BCUT2D eigenvalue weighted by molar-refractivity contribution is 5.97. The van der Waals surface area contributed by atoms with E-state index in [9.17, 15) is 24.1 Å². The molecule has 0 saturated heterocycles. The minimum atomic E-state index is -0.620. The third-order valence-corrected chi connectivity index (χ3v) is 3.90. The molecule has 0 radical (unpaired) electrons. The zero-order valence-corrected chi connectivity index (χ0v) is 13.0. The number of rotatable bonds is 4. The summed E-state index contributed by atoms with van der Waals surface area (Å²) in [6, 6.07) is 8.50. The zero-order valence-electron chi connectivity index (χ0n) is 13.0. The minimum Gasteiger partial charge on any atom is -0.326 e. The van der Waals surface area contributed by atoms with Crippen molar-refractivity contribution < 1.29 is 18.9 Å². The van der Waals surface area contributed by atoms with E-state index in [1.54, 1.807) is 6.07 Å². The molecule has 25 heavy (non-hydrogen) atoms. The number of fused-ring (bicyclic) bond motifs is 1. The van der Waals surface area contributed by atoms with Crippen molar-refractivity contribution >= 4 is 28.9 Å². The Morgan fingerprint density at radius 2 is 2.04 bits per heavy atom. The quantitative estimate of drug-likeness (QED) is 0.658. The molecule has 0 aliphatic carbocycles. The highest BCUT2D eigenvalue weighted by Crippen LogP contribution is 2.29. The van der Waals surface area contributed by atoms with E-state index >= 15 is 0 Å². The lowest BCUT2D eigenvalue weighted by molar-refractivity contribution is -0.385. The summed E-state index contributed by atoms with van der Waals surface area (Å²) in [5, 5.41) is 16.0. The van der Waals surface area contributed by atoms with Gasteiger partial charge in [0.1, 0.15) is 5.82 Å². The number of para-hydroxylation sites is 1. The van der Waals surface area contributed by atoms with E-state index in [0.29, 0.717) is 17.7 Å². The van der Waals surface area contributed by atoms with Gasteiger partial charge in [-0.05, 0) is 24.1 Å². The number of nitrogens with zero attached hydrogens (tertiary/aromatic N) is 1. The molecular formula is C17H14FN3O4. The van der Waals surface area contributed by atoms with Gasteiger partial charge in [-0.1, -0.05) is 18.2 Å². The number of nitrogens with one attached hydrogen (secondary N) is 2. The van der Waals surface area contributed by atoms with Crippen LogP contribution < -0.4 is 10.6 Å². The molecular weight excluding hydrogens is 329 g/mol. The molecule has 128 valence electrons. The Morgan fingerprint density at radius 1 is 1.28 bits per heavy atom. The average molecular weight is 343 g/mol. The second-order valence-corrected chi connectivity index (χ2v) is 5.65. The second kappa shape index (κ2) is 6.68. The lowest BCUT2D eigenvalue weighted by Gasteiger charge is -2.18. The van der Waals surface area contributed by atoms with Crippen LogP contribution in [0, 0.1) is 15.9 Å². The molecule has 2 aromatic carbocycles. The lowest BCUT2D eigenvalue weighted by atomic mass is 10.0. The maximum Gasteiger partial charge on any atom is 0.273 e. The first-order chi connectivity index (χ1) is 11.9. The number of benzene rings is 2. The van der Waals surface area contributed by atoms with Gasteiger partial charge in [0.2, 0.25) is 11.8 Å². The summed E-state index contributed by atoms with van der Waals surface area (Å²) in [6.45, 7) is 0. The van der Waals surface area contributed by atoms with Gasteiger partial charge in [0.15, 0.2) is 0 Å². The normalized spacial score (nSPS) is 12.9. The number of hydrogen-bond donors (Lipinski definition) is 2. The molecule has 1 aliphatic heterocycles. The number of aryl methyl sites for hydroxylation is 1. The molecule has 0 spiro atoms. The third kappa shape index (κ3) is 3.63. The Bertz CT molecular complexity index is 882. The standard InChI is InChI=1S/C17H14FN3O4/c18-12-7-10-5-6-16(22)19-13(10)9-14(12)20-17(23)8-11-3-1-2-4-15(11)21(24)25/h1-4,7,9H,5-6,8H2,(H,19,22)(H,20,23). The molecule has 0 saturated carbocycles. The van der Waals surface area contributed by atoms with Gasteiger partial charge >= 0.3 is 0 Å². The Morgan fingerprint density at radius 3 is 2.80 bits per heavy atom. The first kappa shape index (κ1) is 16.6. The number of anilines is 2. The summed E-state index contributed by atoms with van der Waals surface area (Å²) in [6.07, 6.45) is 0.457. The van der Waals surface area contributed by atoms with Gasteiger partial charge in [-0.25, -0.2) is 4.39 Å². The van der Waals surface area contributed by atoms with Gasteiger partial charge in [0.25, 0.3) is 5.69 Å². The monoisotopic (exact) mass is 343 g/mol. The van der Waals surface area contributed by atoms with Gasteiger partial charge in [0.05, 0.1) is 17.0 Å². The Kier molecular flexibility index (Phi) is 4.42. The third-order valence-electron chi connectivity index (χ3n) is 3.90. The van der Waals surface area contributed by atoms with E-state index in [1.165, 1.54) is 30.3 Å². The molecule has 2 aromatic rings. The van der Waals surface area contributed by atoms with Crippen molar-refractivity contribution in [3.63, 3.8) is 0 Å². The van der Waals surface area contributed by atoms with Gasteiger partial charge in [-0.3, -0.25) is 19.7 Å². The van der Waals surface area contributed by atoms with Crippen LogP contribution in [0.2, 0.25) is 0 Å². The summed E-state index contributed by atoms with van der Waals surface area (Å²) in [4.78, 5) is 34.0. The van der Waals surface area contributed by atoms with Crippen molar-refractivity contribution in [1.29, 1.82) is 0 Å². The molecule has 0 unspecified atom stereocenters. The van der Waals surface area contributed by atoms with Crippen LogP contribution in [0.3, 0.4) is 0 Å². The molecule has 1 heterocycles. The van der Waals surface area contributed by atoms with E-state index in [4.69, 9.17) is 0 Å². The zero-order chi connectivity index (χ0) is 18.0. The van der Waals surface area contributed by atoms with E-state index in [2.05, 4.69) is 10.6 Å². The van der Waals surface area contributed by atoms with E-state index < -0.39 is 16.6 Å². The van der Waals surface area contributed by atoms with Crippen LogP contribution in [0.5, 0.6) is 0 Å². The van der Waals surface area contributed by atoms with Gasteiger partial charge in [-0.2, -0.15) is 0 Å². The molecule has 0 fully saturated rings. The smallest absolute Gasteiger partial charge is 0.273 e. The molecule has 1 aliphatic rings. The maximum atomic E-state index is 14.1. The number of hydrogen-bond acceptors (Lipinski definition) is 4. The molecule has 2 amide bonds. The average Bonchev–Trinajstić information content (AvgIpc) is 2.56. The van der Waals surface area contributed by atoms with E-state index in [0.717, 1.165) is 0 Å². The van der Waals surface area contributed by atoms with Gasteiger partial charge in [-0.15, -0.1) is 0 Å². The molecule has 0 bridgehead atoms. The van der Waals surface area contributed by atoms with Crippen LogP contribution in [0.25, 0.3) is 0 Å². The summed E-state index contributed by atoms with van der Waals surface area (Å²) in [7, 11) is 0. The van der Waals surface area contributed by atoms with E-state index in [-0.39, 0.29) is 35.7 Å². The number of nitro groups is 1. The molecule has 0 aromatic heterocycles. The predicted molar refractivity (Wildman–Crippen MR) is 88.8 cm³/mol. The van der Waals surface area contributed by atoms with Crippen molar-refractivity contribution in [1.82, 2.24) is 0 Å². The highest BCUT2D eigenvalue weighted by atomic mass is 19.1. The number of nitro benzene ring substituents is 1. The second-order valence-electron chi connectivity index (χ2n) is 5.65. The minimum absolute atomic E-state index is 0.0791. The van der Waals surface area contributed by atoms with Crippen molar-refractivity contribution in [2.45, 2.75) is 19.3 Å². The predicted octanol–water partition coefficient (Wildman–Crippen LogP) is 2.80. The Hall–Kier alpha value is -3.29. The van der Waals surface area contributed by atoms with Gasteiger partial charge in [0, 0.05) is 23.7 Å². The fourth-order valence-corrected chi connectivity index (χ4v) is 2.70. The number of carbonyl (C=O) groups excluding carboxylic acids is 2. The summed E-state index contributed by atoms with van der Waals surface area (Å²) in [5.41, 5.74) is 1.10. The van der Waals surface area contributed by atoms with E-state index in [1.807, 2.05) is 0 Å². The van der Waals surface area contributed by atoms with Crippen LogP contribution in [-0.2, 0) is 22.4 Å². The fourth-order valence-electron chi connectivity index (χ4n) is 2.70. The van der Waals surface area contributed by atoms with Crippen molar-refractivity contribution in [3.8, 4) is 0 Å². The number of amides is 2. The molecule has 7 nitrogen and oxygen atoms in total. The summed E-state index contributed by atoms with van der Waals surface area (Å²) >= 11 is 0. The lowest BCUT2D eigenvalue weighted by Crippen LogP contribution is -2.21. The van der Waals surface area contributed by atoms with Gasteiger partial charge < -0.3 is 10.6 Å². The topological polar surface area (TPSA) is 101 Å². The first-order valence-corrected chi connectivity index (χ1v) is 7.58. The van der Waals surface area contributed by atoms with Crippen LogP contribution in [-0.4, -0.2) is 16.7 Å². The largest absolute Gasteiger partial charge is 0.326 e. The maximum absolute atomic E-state index is 14.1. The fraction of sp³-hybridized carbons (Fsp3) is 0.176. The Balaban J connectivity index is 1.79. The van der Waals surface area contributed by atoms with Crippen molar-refractivity contribution in [2.75, 3.05) is 10.6 Å². The van der Waals surface area contributed by atoms with Crippen molar-refractivity contribution in [3.05, 3.63) is 63.5 Å². The molecule has 8 heteroatoms. The van der Waals surface area contributed by atoms with Crippen LogP contribution in [0.4, 0.5) is 21.5 Å². The first-order valence-electron chi connectivity index (χ1n) is 7.58. The molecule has 2 N–H and O–H groups in total. The molecule has 0 atom stereocenters. The van der Waals surface area contributed by atoms with Crippen LogP contribution >= 0.6 is 0 Å². The summed E-state index contributed by atoms with van der Waals surface area (Å²) in [5.74, 6) is -1.38. The van der Waals surface area contributed by atoms with Crippen LogP contribution in [0.1, 0.15) is 17.5 Å². The number of carbonyl (C=O) groups is 2. The summed E-state index contributed by atoms with van der Waals surface area (Å²) < 4.78 is 14.1. The Labute approximate surface area is 142 Å². The highest BCUT2D eigenvalue weighted by Gasteiger charge is 2.20. The van der Waals surface area contributed by atoms with Crippen molar-refractivity contribution in [2.24, 2.45) is 0 Å². The molecule has 3 rings (SSSR count). The number of halogens is 1.